The van der Waals surface area contributed by atoms with Crippen LogP contribution in [0.15, 0.2) is 42.5 Å². The Morgan fingerprint density at radius 2 is 2.00 bits per heavy atom. The summed E-state index contributed by atoms with van der Waals surface area (Å²) in [5.41, 5.74) is 3.01. The quantitative estimate of drug-likeness (QED) is 0.682. The Hall–Kier alpha value is -2.36. The van der Waals surface area contributed by atoms with Crippen molar-refractivity contribution in [1.82, 2.24) is 9.97 Å². The number of hydrogen-bond donors (Lipinski definition) is 1. The van der Waals surface area contributed by atoms with E-state index in [9.17, 15) is 4.79 Å². The molecule has 0 amide bonds. The highest BCUT2D eigenvalue weighted by atomic mass is 16.5. The van der Waals surface area contributed by atoms with Crippen molar-refractivity contribution >= 4 is 5.97 Å². The predicted octanol–water partition coefficient (Wildman–Crippen LogP) is 3.57. The number of ether oxygens (including phenoxy) is 1. The van der Waals surface area contributed by atoms with Gasteiger partial charge in [0.15, 0.2) is 0 Å². The van der Waals surface area contributed by atoms with Crippen LogP contribution in [0.5, 0.6) is 0 Å². The molecular formula is C16H18N2O2. The van der Waals surface area contributed by atoms with Gasteiger partial charge in [0, 0.05) is 16.8 Å². The zero-order chi connectivity index (χ0) is 14.7. The third-order valence-corrected chi connectivity index (χ3v) is 2.99. The van der Waals surface area contributed by atoms with E-state index in [-0.39, 0.29) is 0 Å². The average molecular weight is 270 g/mol. The molecular weight excluding hydrogens is 252 g/mol. The van der Waals surface area contributed by atoms with Crippen LogP contribution in [0.4, 0.5) is 0 Å². The Morgan fingerprint density at radius 1 is 1.35 bits per heavy atom. The molecule has 0 radical (unpaired) electrons. The predicted molar refractivity (Wildman–Crippen MR) is 78.1 cm³/mol. The van der Waals surface area contributed by atoms with Crippen molar-refractivity contribution in [1.29, 1.82) is 0 Å². The van der Waals surface area contributed by atoms with Gasteiger partial charge in [0.05, 0.1) is 0 Å². The number of nitrogens with one attached hydrogen (secondary N) is 1. The van der Waals surface area contributed by atoms with Gasteiger partial charge in [-0.25, -0.2) is 9.78 Å². The minimum Gasteiger partial charge on any atom is -0.453 e. The summed E-state index contributed by atoms with van der Waals surface area (Å²) in [4.78, 5) is 19.3. The van der Waals surface area contributed by atoms with Gasteiger partial charge < -0.3 is 9.72 Å². The first-order valence-electron chi connectivity index (χ1n) is 6.47. The van der Waals surface area contributed by atoms with Crippen LogP contribution in [-0.2, 0) is 9.53 Å². The van der Waals surface area contributed by atoms with Gasteiger partial charge in [0.25, 0.3) is 0 Å². The van der Waals surface area contributed by atoms with E-state index in [4.69, 9.17) is 4.74 Å². The molecule has 1 atom stereocenters. The molecule has 1 unspecified atom stereocenters. The smallest absolute Gasteiger partial charge is 0.333 e. The molecule has 2 rings (SSSR count). The summed E-state index contributed by atoms with van der Waals surface area (Å²) in [6, 6.07) is 9.82. The zero-order valence-corrected chi connectivity index (χ0v) is 11.9. The average Bonchev–Trinajstić information content (AvgIpc) is 2.81. The Morgan fingerprint density at radius 3 is 2.60 bits per heavy atom. The molecule has 0 saturated heterocycles. The van der Waals surface area contributed by atoms with E-state index >= 15 is 0 Å². The van der Waals surface area contributed by atoms with Gasteiger partial charge in [-0.1, -0.05) is 36.9 Å². The summed E-state index contributed by atoms with van der Waals surface area (Å²) in [7, 11) is 0. The molecule has 20 heavy (non-hydrogen) atoms. The molecule has 1 heterocycles. The lowest BCUT2D eigenvalue weighted by atomic mass is 10.2. The molecule has 1 N–H and O–H groups in total. The number of carbonyl (C=O) groups excluding carboxylic acids is 1. The van der Waals surface area contributed by atoms with E-state index in [2.05, 4.69) is 16.5 Å². The summed E-state index contributed by atoms with van der Waals surface area (Å²) >= 11 is 0. The first kappa shape index (κ1) is 14.1. The largest absolute Gasteiger partial charge is 0.453 e. The number of rotatable bonds is 4. The van der Waals surface area contributed by atoms with Crippen LogP contribution in [0, 0.1) is 6.92 Å². The molecule has 0 bridgehead atoms. The van der Waals surface area contributed by atoms with E-state index in [0.717, 1.165) is 22.8 Å². The van der Waals surface area contributed by atoms with E-state index in [1.165, 1.54) is 0 Å². The summed E-state index contributed by atoms with van der Waals surface area (Å²) in [5, 5.41) is 0. The molecule has 2 aromatic rings. The number of aromatic nitrogens is 2. The van der Waals surface area contributed by atoms with E-state index in [0.29, 0.717) is 5.57 Å². The fourth-order valence-electron chi connectivity index (χ4n) is 1.92. The minimum absolute atomic E-state index is 0.383. The SMILES string of the molecule is C=C(C)C(=O)OC(C)c1nc(-c2ccccc2)[nH]c1C. The van der Waals surface area contributed by atoms with Crippen LogP contribution in [0.1, 0.15) is 31.3 Å². The first-order valence-corrected chi connectivity index (χ1v) is 6.47. The molecule has 1 aromatic heterocycles. The Labute approximate surface area is 118 Å². The zero-order valence-electron chi connectivity index (χ0n) is 11.9. The maximum Gasteiger partial charge on any atom is 0.333 e. The molecule has 4 heteroatoms. The van der Waals surface area contributed by atoms with Gasteiger partial charge in [0.2, 0.25) is 0 Å². The van der Waals surface area contributed by atoms with Crippen LogP contribution in [-0.4, -0.2) is 15.9 Å². The minimum atomic E-state index is -0.409. The van der Waals surface area contributed by atoms with Crippen molar-refractivity contribution < 1.29 is 9.53 Å². The van der Waals surface area contributed by atoms with Crippen molar-refractivity contribution in [3.63, 3.8) is 0 Å². The summed E-state index contributed by atoms with van der Waals surface area (Å²) < 4.78 is 5.31. The van der Waals surface area contributed by atoms with Gasteiger partial charge in [-0.15, -0.1) is 0 Å². The van der Waals surface area contributed by atoms with E-state index in [1.807, 2.05) is 37.3 Å². The molecule has 0 aliphatic carbocycles. The van der Waals surface area contributed by atoms with Crippen LogP contribution in [0.3, 0.4) is 0 Å². The van der Waals surface area contributed by atoms with Crippen molar-refractivity contribution in [2.75, 3.05) is 0 Å². The molecule has 0 aliphatic heterocycles. The van der Waals surface area contributed by atoms with Gasteiger partial charge in [-0.2, -0.15) is 0 Å². The number of aryl methyl sites for hydroxylation is 1. The number of hydrogen-bond acceptors (Lipinski definition) is 3. The number of imidazole rings is 1. The Bertz CT molecular complexity index is 629. The number of nitrogens with zero attached hydrogens (tertiary/aromatic N) is 1. The number of carbonyl (C=O) groups is 1. The number of H-pyrrole nitrogens is 1. The molecule has 4 nitrogen and oxygen atoms in total. The molecule has 0 aliphatic rings. The second kappa shape index (κ2) is 5.74. The highest BCUT2D eigenvalue weighted by Gasteiger charge is 2.18. The standard InChI is InChI=1S/C16H18N2O2/c1-10(2)16(19)20-12(4)14-11(3)17-15(18-14)13-8-6-5-7-9-13/h5-9,12H,1H2,2-4H3,(H,17,18). The highest BCUT2D eigenvalue weighted by molar-refractivity contribution is 5.87. The summed E-state index contributed by atoms with van der Waals surface area (Å²) in [6.45, 7) is 8.92. The van der Waals surface area contributed by atoms with Gasteiger partial charge in [-0.3, -0.25) is 0 Å². The third kappa shape index (κ3) is 2.96. The maximum atomic E-state index is 11.6. The van der Waals surface area contributed by atoms with Crippen molar-refractivity contribution in [3.8, 4) is 11.4 Å². The number of aromatic amines is 1. The summed E-state index contributed by atoms with van der Waals surface area (Å²) in [6.07, 6.45) is -0.409. The lowest BCUT2D eigenvalue weighted by Crippen LogP contribution is -2.10. The van der Waals surface area contributed by atoms with Gasteiger partial charge in [-0.05, 0) is 20.8 Å². The van der Waals surface area contributed by atoms with Crippen LogP contribution in [0.25, 0.3) is 11.4 Å². The van der Waals surface area contributed by atoms with E-state index < -0.39 is 12.1 Å². The topological polar surface area (TPSA) is 55.0 Å². The molecule has 0 saturated carbocycles. The number of esters is 1. The second-order valence-corrected chi connectivity index (χ2v) is 4.79. The first-order chi connectivity index (χ1) is 9.49. The monoisotopic (exact) mass is 270 g/mol. The molecule has 0 spiro atoms. The van der Waals surface area contributed by atoms with Crippen molar-refractivity contribution in [3.05, 3.63) is 53.9 Å². The van der Waals surface area contributed by atoms with Crippen LogP contribution < -0.4 is 0 Å². The normalized spacial score (nSPS) is 11.9. The fourth-order valence-corrected chi connectivity index (χ4v) is 1.92. The summed E-state index contributed by atoms with van der Waals surface area (Å²) in [5.74, 6) is 0.373. The van der Waals surface area contributed by atoms with Crippen LogP contribution >= 0.6 is 0 Å². The highest BCUT2D eigenvalue weighted by Crippen LogP contribution is 2.24. The van der Waals surface area contributed by atoms with E-state index in [1.54, 1.807) is 13.8 Å². The second-order valence-electron chi connectivity index (χ2n) is 4.79. The molecule has 0 fully saturated rings. The maximum absolute atomic E-state index is 11.6. The van der Waals surface area contributed by atoms with Crippen LogP contribution in [0.2, 0.25) is 0 Å². The lowest BCUT2D eigenvalue weighted by molar-refractivity contribution is -0.143. The Balaban J connectivity index is 2.24. The molecule has 1 aromatic carbocycles. The number of benzene rings is 1. The van der Waals surface area contributed by atoms with Gasteiger partial charge >= 0.3 is 5.97 Å². The fraction of sp³-hybridized carbons (Fsp3) is 0.250. The Kier molecular flexibility index (Phi) is 4.03. The lowest BCUT2D eigenvalue weighted by Gasteiger charge is -2.11. The van der Waals surface area contributed by atoms with Crippen molar-refractivity contribution in [2.45, 2.75) is 26.9 Å². The third-order valence-electron chi connectivity index (χ3n) is 2.99. The molecule has 104 valence electrons. The van der Waals surface area contributed by atoms with Crippen molar-refractivity contribution in [2.24, 2.45) is 0 Å². The van der Waals surface area contributed by atoms with Gasteiger partial charge in [0.1, 0.15) is 17.6 Å².